The molecule has 1 heterocycles. The standard InChI is InChI=1S/C21H30N4OS/c1-5-22-21(25(4)13-12-19-7-6-14-27-19)23-15-17-8-10-18(11-9-17)24-20(26)16(2)3/h6-11,14,16H,5,12-13,15H2,1-4H3,(H,22,23)(H,24,26). The highest BCUT2D eigenvalue weighted by Gasteiger charge is 2.08. The van der Waals surface area contributed by atoms with Crippen LogP contribution in [0.1, 0.15) is 31.2 Å². The molecule has 6 heteroatoms. The van der Waals surface area contributed by atoms with Gasteiger partial charge in [-0.2, -0.15) is 0 Å². The van der Waals surface area contributed by atoms with Crippen molar-refractivity contribution in [1.29, 1.82) is 0 Å². The Kier molecular flexibility index (Phi) is 8.33. The summed E-state index contributed by atoms with van der Waals surface area (Å²) in [6.45, 7) is 8.21. The molecule has 0 fully saturated rings. The van der Waals surface area contributed by atoms with Gasteiger partial charge in [-0.15, -0.1) is 11.3 Å². The van der Waals surface area contributed by atoms with Crippen molar-refractivity contribution < 1.29 is 4.79 Å². The van der Waals surface area contributed by atoms with Crippen LogP contribution in [0.25, 0.3) is 0 Å². The number of anilines is 1. The van der Waals surface area contributed by atoms with E-state index in [9.17, 15) is 4.79 Å². The summed E-state index contributed by atoms with van der Waals surface area (Å²) in [5.41, 5.74) is 1.93. The monoisotopic (exact) mass is 386 g/mol. The predicted molar refractivity (Wildman–Crippen MR) is 115 cm³/mol. The minimum absolute atomic E-state index is 0.0262. The van der Waals surface area contributed by atoms with E-state index < -0.39 is 0 Å². The first kappa shape index (κ1) is 21.0. The second-order valence-corrected chi connectivity index (χ2v) is 7.79. The number of carbonyl (C=O) groups is 1. The molecule has 2 N–H and O–H groups in total. The van der Waals surface area contributed by atoms with Crippen LogP contribution in [0.3, 0.4) is 0 Å². The molecule has 1 amide bonds. The van der Waals surface area contributed by atoms with Crippen molar-refractivity contribution in [2.75, 3.05) is 25.5 Å². The van der Waals surface area contributed by atoms with E-state index in [-0.39, 0.29) is 11.8 Å². The third kappa shape index (κ3) is 7.06. The molecule has 2 rings (SSSR count). The second kappa shape index (κ2) is 10.7. The topological polar surface area (TPSA) is 56.7 Å². The summed E-state index contributed by atoms with van der Waals surface area (Å²) in [5, 5.41) is 8.38. The molecule has 0 atom stereocenters. The van der Waals surface area contributed by atoms with E-state index in [1.807, 2.05) is 38.1 Å². The van der Waals surface area contributed by atoms with Gasteiger partial charge in [-0.05, 0) is 42.5 Å². The van der Waals surface area contributed by atoms with Gasteiger partial charge in [0.15, 0.2) is 5.96 Å². The molecule has 0 radical (unpaired) electrons. The Labute approximate surface area is 166 Å². The van der Waals surface area contributed by atoms with Gasteiger partial charge in [-0.3, -0.25) is 4.79 Å². The Morgan fingerprint density at radius 2 is 1.96 bits per heavy atom. The molecule has 2 aromatic rings. The largest absolute Gasteiger partial charge is 0.357 e. The van der Waals surface area contributed by atoms with E-state index >= 15 is 0 Å². The quantitative estimate of drug-likeness (QED) is 0.533. The van der Waals surface area contributed by atoms with Crippen LogP contribution in [0, 0.1) is 5.92 Å². The number of nitrogens with zero attached hydrogens (tertiary/aromatic N) is 2. The molecule has 0 unspecified atom stereocenters. The molecule has 0 saturated carbocycles. The number of carbonyl (C=O) groups excluding carboxylic acids is 1. The van der Waals surface area contributed by atoms with E-state index in [2.05, 4.69) is 47.0 Å². The van der Waals surface area contributed by atoms with Gasteiger partial charge in [-0.1, -0.05) is 32.0 Å². The maximum atomic E-state index is 11.8. The summed E-state index contributed by atoms with van der Waals surface area (Å²) in [7, 11) is 2.07. The van der Waals surface area contributed by atoms with Gasteiger partial charge in [0.25, 0.3) is 0 Å². The van der Waals surface area contributed by atoms with Crippen LogP contribution in [0.15, 0.2) is 46.8 Å². The van der Waals surface area contributed by atoms with Crippen molar-refractivity contribution in [3.05, 3.63) is 52.2 Å². The number of hydrogen-bond acceptors (Lipinski definition) is 3. The number of benzene rings is 1. The van der Waals surface area contributed by atoms with Crippen LogP contribution in [0.2, 0.25) is 0 Å². The van der Waals surface area contributed by atoms with E-state index in [0.29, 0.717) is 6.54 Å². The van der Waals surface area contributed by atoms with Crippen LogP contribution >= 0.6 is 11.3 Å². The van der Waals surface area contributed by atoms with Gasteiger partial charge < -0.3 is 15.5 Å². The maximum absolute atomic E-state index is 11.8. The molecule has 0 spiro atoms. The maximum Gasteiger partial charge on any atom is 0.226 e. The van der Waals surface area contributed by atoms with Gasteiger partial charge in [0.1, 0.15) is 0 Å². The van der Waals surface area contributed by atoms with E-state index in [0.717, 1.165) is 36.7 Å². The fourth-order valence-electron chi connectivity index (χ4n) is 2.45. The number of aliphatic imine (C=N–C) groups is 1. The lowest BCUT2D eigenvalue weighted by molar-refractivity contribution is -0.118. The van der Waals surface area contributed by atoms with Crippen molar-refractivity contribution in [3.8, 4) is 0 Å². The van der Waals surface area contributed by atoms with E-state index in [1.54, 1.807) is 11.3 Å². The summed E-state index contributed by atoms with van der Waals surface area (Å²) in [4.78, 5) is 20.1. The molecule has 1 aromatic heterocycles. The number of rotatable bonds is 8. The van der Waals surface area contributed by atoms with Crippen molar-refractivity contribution in [1.82, 2.24) is 10.2 Å². The average molecular weight is 387 g/mol. The molecule has 1 aromatic carbocycles. The summed E-state index contributed by atoms with van der Waals surface area (Å²) >= 11 is 1.79. The third-order valence-corrected chi connectivity index (χ3v) is 5.06. The summed E-state index contributed by atoms with van der Waals surface area (Å²) in [6, 6.07) is 12.1. The number of likely N-dealkylation sites (N-methyl/N-ethyl adjacent to an activating group) is 1. The fourth-order valence-corrected chi connectivity index (χ4v) is 3.15. The zero-order chi connectivity index (χ0) is 19.6. The Hall–Kier alpha value is -2.34. The van der Waals surface area contributed by atoms with Gasteiger partial charge in [-0.25, -0.2) is 4.99 Å². The van der Waals surface area contributed by atoms with Crippen molar-refractivity contribution >= 4 is 28.9 Å². The van der Waals surface area contributed by atoms with E-state index in [1.165, 1.54) is 4.88 Å². The van der Waals surface area contributed by atoms with Crippen LogP contribution in [0.5, 0.6) is 0 Å². The summed E-state index contributed by atoms with van der Waals surface area (Å²) in [6.07, 6.45) is 1.02. The second-order valence-electron chi connectivity index (χ2n) is 6.76. The fraction of sp³-hybridized carbons (Fsp3) is 0.429. The highest BCUT2D eigenvalue weighted by Crippen LogP contribution is 2.12. The van der Waals surface area contributed by atoms with Gasteiger partial charge >= 0.3 is 0 Å². The normalized spacial score (nSPS) is 11.5. The first-order valence-electron chi connectivity index (χ1n) is 9.41. The minimum Gasteiger partial charge on any atom is -0.357 e. The molecule has 0 aliphatic heterocycles. The lowest BCUT2D eigenvalue weighted by atomic mass is 10.2. The highest BCUT2D eigenvalue weighted by atomic mass is 32.1. The zero-order valence-corrected chi connectivity index (χ0v) is 17.5. The van der Waals surface area contributed by atoms with Gasteiger partial charge in [0.2, 0.25) is 5.91 Å². The Morgan fingerprint density at radius 1 is 1.22 bits per heavy atom. The Bertz CT molecular complexity index is 723. The molecule has 0 aliphatic carbocycles. The van der Waals surface area contributed by atoms with Crippen molar-refractivity contribution in [3.63, 3.8) is 0 Å². The van der Waals surface area contributed by atoms with Crippen LogP contribution in [-0.2, 0) is 17.8 Å². The predicted octanol–water partition coefficient (Wildman–Crippen LogP) is 3.98. The zero-order valence-electron chi connectivity index (χ0n) is 16.7. The summed E-state index contributed by atoms with van der Waals surface area (Å²) < 4.78 is 0. The Balaban J connectivity index is 1.93. The number of hydrogen-bond donors (Lipinski definition) is 2. The molecule has 0 saturated heterocycles. The SMILES string of the molecule is CCNC(=NCc1ccc(NC(=O)C(C)C)cc1)N(C)CCc1cccs1. The minimum atomic E-state index is -0.0262. The lowest BCUT2D eigenvalue weighted by Crippen LogP contribution is -2.39. The first-order valence-corrected chi connectivity index (χ1v) is 10.3. The number of guanidine groups is 1. The third-order valence-electron chi connectivity index (χ3n) is 4.13. The smallest absolute Gasteiger partial charge is 0.226 e. The molecule has 27 heavy (non-hydrogen) atoms. The van der Waals surface area contributed by atoms with Crippen LogP contribution in [-0.4, -0.2) is 36.9 Å². The summed E-state index contributed by atoms with van der Waals surface area (Å²) in [5.74, 6) is 0.912. The number of thiophene rings is 1. The van der Waals surface area contributed by atoms with Crippen LogP contribution < -0.4 is 10.6 Å². The van der Waals surface area contributed by atoms with Crippen molar-refractivity contribution in [2.45, 2.75) is 33.7 Å². The molecule has 0 aliphatic rings. The average Bonchev–Trinajstić information content (AvgIpc) is 3.18. The van der Waals surface area contributed by atoms with Crippen molar-refractivity contribution in [2.24, 2.45) is 10.9 Å². The molecule has 146 valence electrons. The van der Waals surface area contributed by atoms with E-state index in [4.69, 9.17) is 4.99 Å². The van der Waals surface area contributed by atoms with Gasteiger partial charge in [0.05, 0.1) is 6.54 Å². The van der Waals surface area contributed by atoms with Gasteiger partial charge in [0, 0.05) is 36.6 Å². The molecule has 0 bridgehead atoms. The Morgan fingerprint density at radius 3 is 2.56 bits per heavy atom. The first-order chi connectivity index (χ1) is 13.0. The van der Waals surface area contributed by atoms with Crippen LogP contribution in [0.4, 0.5) is 5.69 Å². The highest BCUT2D eigenvalue weighted by molar-refractivity contribution is 7.09. The number of nitrogens with one attached hydrogen (secondary N) is 2. The molecular formula is C21H30N4OS. The lowest BCUT2D eigenvalue weighted by Gasteiger charge is -2.21. The molecular weight excluding hydrogens is 356 g/mol. The molecule has 5 nitrogen and oxygen atoms in total. The number of amides is 1.